The second-order valence-corrected chi connectivity index (χ2v) is 8.81. The number of nitrogens with one attached hydrogen (secondary N) is 3. The molecule has 1 aromatic rings. The molecule has 1 aliphatic heterocycles. The summed E-state index contributed by atoms with van der Waals surface area (Å²) in [7, 11) is -2.99. The van der Waals surface area contributed by atoms with E-state index in [9.17, 15) is 13.2 Å². The van der Waals surface area contributed by atoms with Gasteiger partial charge in [-0.15, -0.1) is 24.0 Å². The van der Waals surface area contributed by atoms with E-state index in [1.165, 1.54) is 0 Å². The number of sulfone groups is 1. The van der Waals surface area contributed by atoms with Gasteiger partial charge in [0, 0.05) is 31.1 Å². The Labute approximate surface area is 190 Å². The van der Waals surface area contributed by atoms with Crippen LogP contribution < -0.4 is 20.7 Å². The maximum absolute atomic E-state index is 12.0. The van der Waals surface area contributed by atoms with Gasteiger partial charge < -0.3 is 20.7 Å². The topological polar surface area (TPSA) is 109 Å². The van der Waals surface area contributed by atoms with Gasteiger partial charge in [0.05, 0.1) is 24.7 Å². The zero-order chi connectivity index (χ0) is 20.4. The molecule has 1 unspecified atom stereocenters. The molecule has 8 nitrogen and oxygen atoms in total. The molecular formula is C19H31IN4O4S. The molecule has 164 valence electrons. The molecule has 1 amide bonds. The fraction of sp³-hybridized carbons (Fsp3) is 0.579. The number of ether oxygens (including phenoxy) is 1. The van der Waals surface area contributed by atoms with E-state index in [1.807, 2.05) is 38.1 Å². The molecule has 0 saturated carbocycles. The molecular weight excluding hydrogens is 507 g/mol. The van der Waals surface area contributed by atoms with Crippen molar-refractivity contribution in [1.82, 2.24) is 16.0 Å². The van der Waals surface area contributed by atoms with Gasteiger partial charge in [-0.25, -0.2) is 13.4 Å². The van der Waals surface area contributed by atoms with Gasteiger partial charge in [0.15, 0.2) is 15.8 Å². The van der Waals surface area contributed by atoms with Crippen molar-refractivity contribution in [3.05, 3.63) is 29.8 Å². The Morgan fingerprint density at radius 3 is 2.66 bits per heavy atom. The summed E-state index contributed by atoms with van der Waals surface area (Å²) in [5.74, 6) is 1.46. The van der Waals surface area contributed by atoms with Crippen LogP contribution in [0.4, 0.5) is 0 Å². The lowest BCUT2D eigenvalue weighted by atomic mass is 10.2. The average Bonchev–Trinajstić information content (AvgIpc) is 2.99. The number of halogens is 1. The number of amides is 1. The van der Waals surface area contributed by atoms with Crippen LogP contribution in [0.2, 0.25) is 0 Å². The second kappa shape index (κ2) is 12.9. The highest BCUT2D eigenvalue weighted by molar-refractivity contribution is 14.0. The Kier molecular flexibility index (Phi) is 11.3. The molecule has 0 aromatic heterocycles. The Bertz CT molecular complexity index is 786. The third-order valence-corrected chi connectivity index (χ3v) is 6.03. The molecule has 0 aliphatic carbocycles. The molecule has 1 aromatic carbocycles. The van der Waals surface area contributed by atoms with Gasteiger partial charge in [0.2, 0.25) is 5.91 Å². The van der Waals surface area contributed by atoms with Crippen LogP contribution in [-0.4, -0.2) is 57.5 Å². The molecule has 1 heterocycles. The van der Waals surface area contributed by atoms with Crippen molar-refractivity contribution in [3.63, 3.8) is 0 Å². The van der Waals surface area contributed by atoms with E-state index in [2.05, 4.69) is 20.9 Å². The van der Waals surface area contributed by atoms with Crippen molar-refractivity contribution in [2.75, 3.05) is 31.2 Å². The monoisotopic (exact) mass is 538 g/mol. The van der Waals surface area contributed by atoms with Gasteiger partial charge in [0.1, 0.15) is 5.75 Å². The summed E-state index contributed by atoms with van der Waals surface area (Å²) in [6, 6.07) is 7.50. The number of carbonyl (C=O) groups is 1. The number of para-hydroxylation sites is 1. The number of hydrogen-bond acceptors (Lipinski definition) is 5. The van der Waals surface area contributed by atoms with Crippen LogP contribution in [0, 0.1) is 0 Å². The summed E-state index contributed by atoms with van der Waals surface area (Å²) in [5, 5.41) is 9.07. The van der Waals surface area contributed by atoms with E-state index < -0.39 is 9.84 Å². The van der Waals surface area contributed by atoms with Crippen molar-refractivity contribution in [1.29, 1.82) is 0 Å². The summed E-state index contributed by atoms with van der Waals surface area (Å²) in [6.45, 7) is 6.07. The Balaban J connectivity index is 0.00000420. The molecule has 10 heteroatoms. The summed E-state index contributed by atoms with van der Waals surface area (Å²) in [6.07, 6.45) is 0.737. The van der Waals surface area contributed by atoms with Crippen LogP contribution in [0.5, 0.6) is 5.75 Å². The molecule has 0 bridgehead atoms. The van der Waals surface area contributed by atoms with Crippen molar-refractivity contribution in [2.45, 2.75) is 39.3 Å². The Hall–Kier alpha value is -1.56. The third kappa shape index (κ3) is 9.20. The maximum Gasteiger partial charge on any atom is 0.222 e. The van der Waals surface area contributed by atoms with Crippen LogP contribution in [0.3, 0.4) is 0 Å². The second-order valence-electron chi connectivity index (χ2n) is 6.58. The molecule has 0 spiro atoms. The van der Waals surface area contributed by atoms with Gasteiger partial charge in [-0.2, -0.15) is 0 Å². The van der Waals surface area contributed by atoms with Crippen molar-refractivity contribution in [2.24, 2.45) is 4.99 Å². The van der Waals surface area contributed by atoms with Gasteiger partial charge >= 0.3 is 0 Å². The number of rotatable bonds is 9. The zero-order valence-corrected chi connectivity index (χ0v) is 20.1. The lowest BCUT2D eigenvalue weighted by Crippen LogP contribution is -2.41. The highest BCUT2D eigenvalue weighted by Crippen LogP contribution is 2.18. The van der Waals surface area contributed by atoms with E-state index in [4.69, 9.17) is 4.74 Å². The summed E-state index contributed by atoms with van der Waals surface area (Å²) >= 11 is 0. The first-order chi connectivity index (χ1) is 13.4. The summed E-state index contributed by atoms with van der Waals surface area (Å²) in [5.41, 5.74) is 0.988. The predicted molar refractivity (Wildman–Crippen MR) is 126 cm³/mol. The molecule has 2 rings (SSSR count). The molecule has 0 radical (unpaired) electrons. The van der Waals surface area contributed by atoms with Crippen LogP contribution in [0.25, 0.3) is 0 Å². The number of benzene rings is 1. The van der Waals surface area contributed by atoms with Crippen LogP contribution in [0.1, 0.15) is 32.3 Å². The summed E-state index contributed by atoms with van der Waals surface area (Å²) < 4.78 is 28.5. The minimum Gasteiger partial charge on any atom is -0.494 e. The van der Waals surface area contributed by atoms with Gasteiger partial charge in [-0.1, -0.05) is 18.2 Å². The Morgan fingerprint density at radius 2 is 2.00 bits per heavy atom. The van der Waals surface area contributed by atoms with E-state index in [1.54, 1.807) is 0 Å². The fourth-order valence-electron chi connectivity index (χ4n) is 2.94. The SMILES string of the molecule is CCNC(=NCc1ccccc1OCC)NCCC(=O)NC1CCS(=O)(=O)C1.I. The number of aliphatic imine (C=N–C) groups is 1. The first-order valence-corrected chi connectivity index (χ1v) is 11.5. The lowest BCUT2D eigenvalue weighted by Gasteiger charge is -2.14. The fourth-order valence-corrected chi connectivity index (χ4v) is 4.61. The zero-order valence-electron chi connectivity index (χ0n) is 16.9. The first-order valence-electron chi connectivity index (χ1n) is 9.66. The minimum absolute atomic E-state index is 0. The van der Waals surface area contributed by atoms with Gasteiger partial charge in [0.25, 0.3) is 0 Å². The van der Waals surface area contributed by atoms with Crippen LogP contribution in [0.15, 0.2) is 29.3 Å². The largest absolute Gasteiger partial charge is 0.494 e. The highest BCUT2D eigenvalue weighted by Gasteiger charge is 2.28. The number of carbonyl (C=O) groups excluding carboxylic acids is 1. The van der Waals surface area contributed by atoms with Gasteiger partial charge in [-0.05, 0) is 26.3 Å². The molecule has 1 aliphatic rings. The number of guanidine groups is 1. The van der Waals surface area contributed by atoms with Crippen LogP contribution >= 0.6 is 24.0 Å². The third-order valence-electron chi connectivity index (χ3n) is 4.27. The molecule has 1 saturated heterocycles. The predicted octanol–water partition coefficient (Wildman–Crippen LogP) is 1.45. The maximum atomic E-state index is 12.0. The lowest BCUT2D eigenvalue weighted by molar-refractivity contribution is -0.121. The van der Waals surface area contributed by atoms with Crippen molar-refractivity contribution in [3.8, 4) is 5.75 Å². The Morgan fingerprint density at radius 1 is 1.24 bits per heavy atom. The standard InChI is InChI=1S/C19H30N4O4S.HI/c1-3-20-19(22-13-15-7-5-6-8-17(15)27-4-2)21-11-9-18(24)23-16-10-12-28(25,26)14-16;/h5-8,16H,3-4,9-14H2,1-2H3,(H,23,24)(H2,20,21,22);1H. The summed E-state index contributed by atoms with van der Waals surface area (Å²) in [4.78, 5) is 16.6. The van der Waals surface area contributed by atoms with E-state index >= 15 is 0 Å². The molecule has 29 heavy (non-hydrogen) atoms. The average molecular weight is 538 g/mol. The molecule has 3 N–H and O–H groups in total. The first kappa shape index (κ1) is 25.5. The van der Waals surface area contributed by atoms with E-state index in [-0.39, 0.29) is 53.9 Å². The molecule has 1 fully saturated rings. The smallest absolute Gasteiger partial charge is 0.222 e. The van der Waals surface area contributed by atoms with E-state index in [0.717, 1.165) is 11.3 Å². The quantitative estimate of drug-likeness (QED) is 0.250. The minimum atomic E-state index is -2.99. The van der Waals surface area contributed by atoms with Crippen LogP contribution in [-0.2, 0) is 21.2 Å². The van der Waals surface area contributed by atoms with Crippen molar-refractivity contribution >= 4 is 45.7 Å². The normalized spacial score (nSPS) is 17.9. The highest BCUT2D eigenvalue weighted by atomic mass is 127. The van der Waals surface area contributed by atoms with E-state index in [0.29, 0.717) is 38.6 Å². The number of hydrogen-bond donors (Lipinski definition) is 3. The van der Waals surface area contributed by atoms with Gasteiger partial charge in [-0.3, -0.25) is 4.79 Å². The number of nitrogens with zero attached hydrogens (tertiary/aromatic N) is 1. The van der Waals surface area contributed by atoms with Crippen molar-refractivity contribution < 1.29 is 17.9 Å². The molecule has 1 atom stereocenters.